The van der Waals surface area contributed by atoms with E-state index in [9.17, 15) is 4.39 Å². The van der Waals surface area contributed by atoms with E-state index in [1.54, 1.807) is 12.1 Å². The number of benzene rings is 2. The molecule has 1 N–H and O–H groups in total. The van der Waals surface area contributed by atoms with Gasteiger partial charge < -0.3 is 10.1 Å². The van der Waals surface area contributed by atoms with E-state index in [1.165, 1.54) is 11.6 Å². The van der Waals surface area contributed by atoms with Crippen molar-refractivity contribution in [3.8, 4) is 5.75 Å². The van der Waals surface area contributed by atoms with Crippen molar-refractivity contribution >= 4 is 0 Å². The van der Waals surface area contributed by atoms with Crippen LogP contribution >= 0.6 is 0 Å². The maximum Gasteiger partial charge on any atom is 0.126 e. The largest absolute Gasteiger partial charge is 0.490 e. The SMILES string of the molecule is C=CCOc1ccc(CNCCc2ccccc2F)cc1. The number of ether oxygens (including phenoxy) is 1. The highest BCUT2D eigenvalue weighted by Crippen LogP contribution is 2.12. The van der Waals surface area contributed by atoms with Crippen LogP contribution in [0, 0.1) is 5.82 Å². The first-order valence-electron chi connectivity index (χ1n) is 7.06. The third kappa shape index (κ3) is 5.04. The predicted octanol–water partition coefficient (Wildman–Crippen LogP) is 3.72. The highest BCUT2D eigenvalue weighted by atomic mass is 19.1. The molecule has 2 aromatic rings. The van der Waals surface area contributed by atoms with E-state index in [4.69, 9.17) is 4.74 Å². The van der Waals surface area contributed by atoms with Gasteiger partial charge in [-0.25, -0.2) is 4.39 Å². The Labute approximate surface area is 125 Å². The highest BCUT2D eigenvalue weighted by molar-refractivity contribution is 5.27. The minimum absolute atomic E-state index is 0.136. The van der Waals surface area contributed by atoms with Crippen molar-refractivity contribution in [3.05, 3.63) is 78.1 Å². The standard InChI is InChI=1S/C18H20FNO/c1-2-13-21-17-9-7-15(8-10-17)14-20-12-11-16-5-3-4-6-18(16)19/h2-10,20H,1,11-14H2. The molecule has 0 radical (unpaired) electrons. The average molecular weight is 285 g/mol. The smallest absolute Gasteiger partial charge is 0.126 e. The normalized spacial score (nSPS) is 10.3. The molecule has 110 valence electrons. The lowest BCUT2D eigenvalue weighted by Gasteiger charge is -2.07. The van der Waals surface area contributed by atoms with Crippen LogP contribution in [0.25, 0.3) is 0 Å². The molecule has 2 nitrogen and oxygen atoms in total. The van der Waals surface area contributed by atoms with Gasteiger partial charge in [-0.3, -0.25) is 0 Å². The van der Waals surface area contributed by atoms with Crippen LogP contribution in [-0.2, 0) is 13.0 Å². The molecule has 0 aromatic heterocycles. The zero-order chi connectivity index (χ0) is 14.9. The third-order valence-corrected chi connectivity index (χ3v) is 3.15. The second-order valence-corrected chi connectivity index (χ2v) is 4.76. The quantitative estimate of drug-likeness (QED) is 0.589. The molecule has 0 bridgehead atoms. The summed E-state index contributed by atoms with van der Waals surface area (Å²) in [6, 6.07) is 14.8. The van der Waals surface area contributed by atoms with Crippen molar-refractivity contribution in [3.63, 3.8) is 0 Å². The van der Waals surface area contributed by atoms with Crippen molar-refractivity contribution in [1.82, 2.24) is 5.32 Å². The third-order valence-electron chi connectivity index (χ3n) is 3.15. The van der Waals surface area contributed by atoms with E-state index in [0.29, 0.717) is 13.0 Å². The number of halogens is 1. The maximum atomic E-state index is 13.4. The zero-order valence-electron chi connectivity index (χ0n) is 12.0. The molecule has 0 fully saturated rings. The molecule has 0 atom stereocenters. The molecule has 0 aliphatic heterocycles. The Bertz CT molecular complexity index is 566. The van der Waals surface area contributed by atoms with Gasteiger partial charge in [-0.05, 0) is 42.3 Å². The minimum Gasteiger partial charge on any atom is -0.490 e. The van der Waals surface area contributed by atoms with Gasteiger partial charge in [0.25, 0.3) is 0 Å². The van der Waals surface area contributed by atoms with Crippen LogP contribution in [0.5, 0.6) is 5.75 Å². The fraction of sp³-hybridized carbons (Fsp3) is 0.222. The summed E-state index contributed by atoms with van der Waals surface area (Å²) in [4.78, 5) is 0. The lowest BCUT2D eigenvalue weighted by molar-refractivity contribution is 0.363. The number of hydrogen-bond acceptors (Lipinski definition) is 2. The summed E-state index contributed by atoms with van der Waals surface area (Å²) >= 11 is 0. The Morgan fingerprint density at radius 3 is 2.57 bits per heavy atom. The molecule has 0 spiro atoms. The molecule has 0 saturated carbocycles. The summed E-state index contributed by atoms with van der Waals surface area (Å²) in [7, 11) is 0. The van der Waals surface area contributed by atoms with E-state index in [1.807, 2.05) is 36.4 Å². The lowest BCUT2D eigenvalue weighted by atomic mass is 10.1. The van der Waals surface area contributed by atoms with E-state index >= 15 is 0 Å². The maximum absolute atomic E-state index is 13.4. The van der Waals surface area contributed by atoms with Gasteiger partial charge >= 0.3 is 0 Å². The van der Waals surface area contributed by atoms with E-state index in [2.05, 4.69) is 11.9 Å². The summed E-state index contributed by atoms with van der Waals surface area (Å²) in [6.07, 6.45) is 2.41. The van der Waals surface area contributed by atoms with Crippen LogP contribution in [0.3, 0.4) is 0 Å². The van der Waals surface area contributed by atoms with Crippen LogP contribution < -0.4 is 10.1 Å². The minimum atomic E-state index is -0.136. The molecular formula is C18H20FNO. The average Bonchev–Trinajstić information content (AvgIpc) is 2.52. The van der Waals surface area contributed by atoms with Crippen molar-refractivity contribution in [2.75, 3.05) is 13.2 Å². The van der Waals surface area contributed by atoms with Crippen LogP contribution in [0.15, 0.2) is 61.2 Å². The monoisotopic (exact) mass is 285 g/mol. The van der Waals surface area contributed by atoms with E-state index in [-0.39, 0.29) is 5.82 Å². The molecule has 0 aliphatic rings. The van der Waals surface area contributed by atoms with Crippen molar-refractivity contribution in [2.24, 2.45) is 0 Å². The molecule has 0 amide bonds. The number of nitrogens with one attached hydrogen (secondary N) is 1. The van der Waals surface area contributed by atoms with Gasteiger partial charge in [0.05, 0.1) is 0 Å². The van der Waals surface area contributed by atoms with E-state index < -0.39 is 0 Å². The summed E-state index contributed by atoms with van der Waals surface area (Å²) in [6.45, 7) is 5.63. The fourth-order valence-electron chi connectivity index (χ4n) is 2.02. The van der Waals surface area contributed by atoms with Gasteiger partial charge in [0.1, 0.15) is 18.2 Å². The first-order valence-corrected chi connectivity index (χ1v) is 7.06. The summed E-state index contributed by atoms with van der Waals surface area (Å²) < 4.78 is 18.9. The van der Waals surface area contributed by atoms with Gasteiger partial charge in [-0.1, -0.05) is 43.0 Å². The Morgan fingerprint density at radius 2 is 1.86 bits per heavy atom. The van der Waals surface area contributed by atoms with Crippen LogP contribution in [-0.4, -0.2) is 13.2 Å². The second-order valence-electron chi connectivity index (χ2n) is 4.76. The summed E-state index contributed by atoms with van der Waals surface area (Å²) in [5, 5.41) is 3.32. The van der Waals surface area contributed by atoms with Crippen molar-refractivity contribution in [1.29, 1.82) is 0 Å². The van der Waals surface area contributed by atoms with Gasteiger partial charge in [-0.2, -0.15) is 0 Å². The van der Waals surface area contributed by atoms with Gasteiger partial charge in [-0.15, -0.1) is 0 Å². The van der Waals surface area contributed by atoms with Gasteiger partial charge in [0, 0.05) is 6.54 Å². The molecule has 0 heterocycles. The predicted molar refractivity (Wildman–Crippen MR) is 83.9 cm³/mol. The Kier molecular flexibility index (Phi) is 5.98. The topological polar surface area (TPSA) is 21.3 Å². The fourth-order valence-corrected chi connectivity index (χ4v) is 2.02. The van der Waals surface area contributed by atoms with E-state index in [0.717, 1.165) is 24.4 Å². The number of rotatable bonds is 8. The Morgan fingerprint density at radius 1 is 1.10 bits per heavy atom. The first kappa shape index (κ1) is 15.3. The van der Waals surface area contributed by atoms with Crippen LogP contribution in [0.4, 0.5) is 4.39 Å². The van der Waals surface area contributed by atoms with Crippen molar-refractivity contribution in [2.45, 2.75) is 13.0 Å². The molecular weight excluding hydrogens is 265 g/mol. The van der Waals surface area contributed by atoms with Gasteiger partial charge in [0.15, 0.2) is 0 Å². The van der Waals surface area contributed by atoms with Gasteiger partial charge in [0.2, 0.25) is 0 Å². The molecule has 2 rings (SSSR count). The lowest BCUT2D eigenvalue weighted by Crippen LogP contribution is -2.17. The number of hydrogen-bond donors (Lipinski definition) is 1. The van der Waals surface area contributed by atoms with Crippen LogP contribution in [0.1, 0.15) is 11.1 Å². The second kappa shape index (κ2) is 8.22. The van der Waals surface area contributed by atoms with Crippen LogP contribution in [0.2, 0.25) is 0 Å². The summed E-state index contributed by atoms with van der Waals surface area (Å²) in [5.74, 6) is 0.702. The molecule has 3 heteroatoms. The molecule has 2 aromatic carbocycles. The Hall–Kier alpha value is -2.13. The zero-order valence-corrected chi connectivity index (χ0v) is 12.0. The first-order chi connectivity index (χ1) is 10.3. The highest BCUT2D eigenvalue weighted by Gasteiger charge is 2.00. The van der Waals surface area contributed by atoms with Crippen molar-refractivity contribution < 1.29 is 9.13 Å². The molecule has 0 saturated heterocycles. The molecule has 0 unspecified atom stereocenters. The summed E-state index contributed by atoms with van der Waals surface area (Å²) in [5.41, 5.74) is 1.92. The molecule has 21 heavy (non-hydrogen) atoms. The molecule has 0 aliphatic carbocycles. The Balaban J connectivity index is 1.73.